The Bertz CT molecular complexity index is 31.2. The van der Waals surface area contributed by atoms with Crippen molar-refractivity contribution in [2.75, 3.05) is 14.2 Å². The van der Waals surface area contributed by atoms with E-state index in [1.807, 2.05) is 0 Å². The van der Waals surface area contributed by atoms with Crippen molar-refractivity contribution >= 4 is 0 Å². The fourth-order valence-corrected chi connectivity index (χ4v) is 0.0962. The number of hydrogen-bond donors (Lipinski definition) is 0. The van der Waals surface area contributed by atoms with Crippen molar-refractivity contribution in [3.8, 4) is 0 Å². The molecule has 8 heavy (non-hydrogen) atoms. The van der Waals surface area contributed by atoms with Crippen LogP contribution in [0.3, 0.4) is 0 Å². The first-order chi connectivity index (χ1) is 2.81. The Morgan fingerprint density at radius 3 is 1.38 bits per heavy atom. The average molecular weight is 267 g/mol. The molecule has 0 N–H and O–H groups in total. The Hall–Kier alpha value is 2.13. The monoisotopic (exact) mass is 267 g/mol. The third-order valence-corrected chi connectivity index (χ3v) is 0.526. The van der Waals surface area contributed by atoms with E-state index in [9.17, 15) is 0 Å². The quantitative estimate of drug-likeness (QED) is 0.533. The van der Waals surface area contributed by atoms with Crippen molar-refractivity contribution in [3.63, 3.8) is 0 Å². The molecule has 0 aromatic rings. The first-order valence-electron chi connectivity index (χ1n) is 1.70. The van der Waals surface area contributed by atoms with Crippen LogP contribution in [0.4, 0.5) is 0 Å². The van der Waals surface area contributed by atoms with E-state index in [2.05, 4.69) is 16.4 Å². The van der Waals surface area contributed by atoms with Gasteiger partial charge in [-0.15, -0.1) is 0 Å². The second kappa shape index (κ2) is 11.9. The molecule has 0 aromatic heterocycles. The van der Waals surface area contributed by atoms with Gasteiger partial charge in [-0.05, 0) is 0 Å². The summed E-state index contributed by atoms with van der Waals surface area (Å²) < 4.78 is 9.13. The molecule has 0 heterocycles. The van der Waals surface area contributed by atoms with E-state index >= 15 is 0 Å². The zero-order chi connectivity index (χ0) is 4.99. The van der Waals surface area contributed by atoms with E-state index in [0.29, 0.717) is 0 Å². The second-order valence-corrected chi connectivity index (χ2v) is 0.901. The van der Waals surface area contributed by atoms with Gasteiger partial charge in [-0.1, -0.05) is 0 Å². The molecular weight excluding hydrogens is 258 g/mol. The van der Waals surface area contributed by atoms with Gasteiger partial charge in [-0.3, -0.25) is 6.92 Å². The van der Waals surface area contributed by atoms with E-state index in [0.717, 1.165) is 0 Å². The van der Waals surface area contributed by atoms with Gasteiger partial charge in [-0.25, -0.2) is 0 Å². The zero-order valence-electron chi connectivity index (χ0n) is 5.26. The molecule has 0 unspecified atom stereocenters. The topological polar surface area (TPSA) is 18.5 Å². The van der Waals surface area contributed by atoms with Crippen molar-refractivity contribution in [3.05, 3.63) is 6.92 Å². The molecule has 0 saturated carbocycles. The largest absolute Gasteiger partial charge is 0.387 e. The summed E-state index contributed by atoms with van der Waals surface area (Å²) in [5.74, 6) is 0. The predicted molar refractivity (Wildman–Crippen MR) is 23.2 cm³/mol. The SMILES string of the molecule is [CH2-]C(OC)OC.[Y].[Y]. The molecule has 0 rings (SSSR count). The van der Waals surface area contributed by atoms with Crippen LogP contribution in [0, 0.1) is 6.92 Å². The molecular formula is C4H9O2Y2-. The van der Waals surface area contributed by atoms with E-state index in [1.54, 1.807) is 14.2 Å². The zero-order valence-corrected chi connectivity index (χ0v) is 10.9. The van der Waals surface area contributed by atoms with E-state index < -0.39 is 0 Å². The molecule has 0 bridgehead atoms. The summed E-state index contributed by atoms with van der Waals surface area (Å²) in [5, 5.41) is 0. The van der Waals surface area contributed by atoms with E-state index in [1.165, 1.54) is 0 Å². The first kappa shape index (κ1) is 16.6. The molecule has 0 aliphatic carbocycles. The van der Waals surface area contributed by atoms with Crippen molar-refractivity contribution in [2.24, 2.45) is 0 Å². The molecule has 0 aliphatic rings. The number of rotatable bonds is 2. The molecule has 2 radical (unpaired) electrons. The van der Waals surface area contributed by atoms with E-state index in [4.69, 9.17) is 0 Å². The minimum Gasteiger partial charge on any atom is -0.387 e. The van der Waals surface area contributed by atoms with Crippen molar-refractivity contribution in [2.45, 2.75) is 6.29 Å². The van der Waals surface area contributed by atoms with Gasteiger partial charge in [0.25, 0.3) is 0 Å². The number of hydrogen-bond acceptors (Lipinski definition) is 2. The molecule has 0 amide bonds. The van der Waals surface area contributed by atoms with Crippen LogP contribution in [0.1, 0.15) is 0 Å². The summed E-state index contributed by atoms with van der Waals surface area (Å²) in [7, 11) is 3.09. The van der Waals surface area contributed by atoms with Gasteiger partial charge in [0.2, 0.25) is 0 Å². The van der Waals surface area contributed by atoms with Crippen LogP contribution in [0.5, 0.6) is 0 Å². The Balaban J connectivity index is -0.000000125. The van der Waals surface area contributed by atoms with Gasteiger partial charge >= 0.3 is 0 Å². The minimum absolute atomic E-state index is 0. The summed E-state index contributed by atoms with van der Waals surface area (Å²) in [4.78, 5) is 0. The summed E-state index contributed by atoms with van der Waals surface area (Å²) in [6.45, 7) is 3.43. The smallest absolute Gasteiger partial charge is 0.0352 e. The van der Waals surface area contributed by atoms with Gasteiger partial charge in [0.15, 0.2) is 0 Å². The standard InChI is InChI=1S/C4H9O2.2Y/c1-4(5-2)6-3;;/h4H,1H2,2-3H3;;/q-1;;. The molecule has 0 aromatic carbocycles. The van der Waals surface area contributed by atoms with Gasteiger partial charge in [0, 0.05) is 85.9 Å². The third kappa shape index (κ3) is 11.0. The Morgan fingerprint density at radius 1 is 1.12 bits per heavy atom. The third-order valence-electron chi connectivity index (χ3n) is 0.526. The summed E-state index contributed by atoms with van der Waals surface area (Å²) in [5.41, 5.74) is 0. The molecule has 0 atom stereocenters. The molecule has 0 aliphatic heterocycles. The van der Waals surface area contributed by atoms with Crippen LogP contribution in [-0.4, -0.2) is 20.5 Å². The maximum absolute atomic E-state index is 4.57. The fourth-order valence-electron chi connectivity index (χ4n) is 0.0962. The Labute approximate surface area is 101 Å². The molecule has 0 fully saturated rings. The second-order valence-electron chi connectivity index (χ2n) is 0.901. The molecule has 0 spiro atoms. The maximum Gasteiger partial charge on any atom is 0.0352 e. The number of methoxy groups -OCH3 is 2. The molecule has 0 saturated heterocycles. The molecule has 44 valence electrons. The number of ether oxygens (including phenoxy) is 2. The van der Waals surface area contributed by atoms with Crippen LogP contribution < -0.4 is 0 Å². The minimum atomic E-state index is -0.315. The van der Waals surface area contributed by atoms with Gasteiger partial charge < -0.3 is 9.47 Å². The van der Waals surface area contributed by atoms with Crippen LogP contribution in [0.15, 0.2) is 0 Å². The van der Waals surface area contributed by atoms with Crippen LogP contribution in [-0.2, 0) is 74.9 Å². The average Bonchev–Trinajstić information content (AvgIpc) is 1.65. The van der Waals surface area contributed by atoms with Crippen LogP contribution in [0.2, 0.25) is 0 Å². The molecule has 4 heteroatoms. The van der Waals surface area contributed by atoms with Crippen molar-refractivity contribution in [1.82, 2.24) is 0 Å². The van der Waals surface area contributed by atoms with Gasteiger partial charge in [0.05, 0.1) is 0 Å². The summed E-state index contributed by atoms with van der Waals surface area (Å²) in [6.07, 6.45) is -0.315. The fraction of sp³-hybridized carbons (Fsp3) is 0.750. The van der Waals surface area contributed by atoms with Gasteiger partial charge in [-0.2, -0.15) is 0 Å². The maximum atomic E-state index is 4.57. The van der Waals surface area contributed by atoms with E-state index in [-0.39, 0.29) is 71.7 Å². The summed E-state index contributed by atoms with van der Waals surface area (Å²) >= 11 is 0. The van der Waals surface area contributed by atoms with Crippen LogP contribution in [0.25, 0.3) is 0 Å². The van der Waals surface area contributed by atoms with Crippen molar-refractivity contribution < 1.29 is 74.9 Å². The first-order valence-corrected chi connectivity index (χ1v) is 1.70. The van der Waals surface area contributed by atoms with Crippen molar-refractivity contribution in [1.29, 1.82) is 0 Å². The summed E-state index contributed by atoms with van der Waals surface area (Å²) in [6, 6.07) is 0. The van der Waals surface area contributed by atoms with Crippen LogP contribution >= 0.6 is 0 Å². The Kier molecular flexibility index (Phi) is 24.6. The molecule has 2 nitrogen and oxygen atoms in total. The predicted octanol–water partition coefficient (Wildman–Crippen LogP) is 0.434. The van der Waals surface area contributed by atoms with Gasteiger partial charge in [0.1, 0.15) is 0 Å². The Morgan fingerprint density at radius 2 is 1.38 bits per heavy atom. The normalized spacial score (nSPS) is 7.50.